The molecule has 0 aromatic rings. The summed E-state index contributed by atoms with van der Waals surface area (Å²) in [6, 6.07) is 0. The molecule has 0 fully saturated rings. The van der Waals surface area contributed by atoms with E-state index in [2.05, 4.69) is 0 Å². The van der Waals surface area contributed by atoms with Gasteiger partial charge in [-0.2, -0.15) is 0 Å². The van der Waals surface area contributed by atoms with Gasteiger partial charge >= 0.3 is 0 Å². The fourth-order valence-corrected chi connectivity index (χ4v) is 1.23. The monoisotopic (exact) mass is 158 g/mol. The summed E-state index contributed by atoms with van der Waals surface area (Å²) >= 11 is 0. The summed E-state index contributed by atoms with van der Waals surface area (Å²) in [4.78, 5) is 11.0. The van der Waals surface area contributed by atoms with E-state index in [4.69, 9.17) is 0 Å². The smallest absolute Gasteiger partial charge is 0.135 e. The molecule has 0 saturated heterocycles. The number of aliphatic hydroxyl groups is 1. The molecule has 2 unspecified atom stereocenters. The van der Waals surface area contributed by atoms with Gasteiger partial charge in [-0.15, -0.1) is 0 Å². The normalized spacial score (nSPS) is 16.5. The van der Waals surface area contributed by atoms with E-state index in [0.717, 1.165) is 6.42 Å². The average Bonchev–Trinajstić information content (AvgIpc) is 1.88. The lowest BCUT2D eigenvalue weighted by molar-refractivity contribution is -0.125. The molecule has 1 N–H and O–H groups in total. The first-order valence-corrected chi connectivity index (χ1v) is 4.19. The van der Waals surface area contributed by atoms with E-state index in [1.165, 1.54) is 0 Å². The fourth-order valence-electron chi connectivity index (χ4n) is 1.23. The predicted molar refractivity (Wildman–Crippen MR) is 45.3 cm³/mol. The molecule has 0 spiro atoms. The maximum Gasteiger partial charge on any atom is 0.135 e. The van der Waals surface area contributed by atoms with Crippen molar-refractivity contribution in [3.8, 4) is 0 Å². The number of hydrogen-bond acceptors (Lipinski definition) is 2. The van der Waals surface area contributed by atoms with Crippen LogP contribution >= 0.6 is 0 Å². The van der Waals surface area contributed by atoms with Crippen molar-refractivity contribution in [1.29, 1.82) is 0 Å². The Kier molecular flexibility index (Phi) is 4.34. The van der Waals surface area contributed by atoms with Crippen molar-refractivity contribution < 1.29 is 9.90 Å². The van der Waals surface area contributed by atoms with Gasteiger partial charge in [0.2, 0.25) is 0 Å². The maximum absolute atomic E-state index is 11.0. The molecule has 0 saturated carbocycles. The number of ketones is 1. The van der Waals surface area contributed by atoms with Crippen molar-refractivity contribution in [1.82, 2.24) is 0 Å². The van der Waals surface area contributed by atoms with E-state index in [1.54, 1.807) is 6.92 Å². The van der Waals surface area contributed by atoms with Gasteiger partial charge in [0.15, 0.2) is 0 Å². The molecule has 2 nitrogen and oxygen atoms in total. The molecule has 0 aliphatic heterocycles. The van der Waals surface area contributed by atoms with Crippen LogP contribution in [0, 0.1) is 11.8 Å². The fraction of sp³-hybridized carbons (Fsp3) is 0.889. The summed E-state index contributed by atoms with van der Waals surface area (Å²) in [5, 5.41) is 9.54. The van der Waals surface area contributed by atoms with Crippen molar-refractivity contribution in [2.75, 3.05) is 0 Å². The molecule has 0 heterocycles. The van der Waals surface area contributed by atoms with Gasteiger partial charge in [-0.25, -0.2) is 0 Å². The highest BCUT2D eigenvalue weighted by atomic mass is 16.3. The van der Waals surface area contributed by atoms with Crippen LogP contribution in [-0.4, -0.2) is 17.0 Å². The quantitative estimate of drug-likeness (QED) is 0.675. The van der Waals surface area contributed by atoms with Gasteiger partial charge in [-0.3, -0.25) is 4.79 Å². The van der Waals surface area contributed by atoms with E-state index >= 15 is 0 Å². The van der Waals surface area contributed by atoms with Gasteiger partial charge < -0.3 is 5.11 Å². The Labute approximate surface area is 68.6 Å². The highest BCUT2D eigenvalue weighted by Crippen LogP contribution is 2.16. The molecule has 0 rings (SSSR count). The van der Waals surface area contributed by atoms with E-state index in [-0.39, 0.29) is 17.6 Å². The van der Waals surface area contributed by atoms with Crippen LogP contribution in [0.5, 0.6) is 0 Å². The predicted octanol–water partition coefficient (Wildman–Crippen LogP) is 1.62. The largest absolute Gasteiger partial charge is 0.392 e. The summed E-state index contributed by atoms with van der Waals surface area (Å²) < 4.78 is 0. The first-order chi connectivity index (χ1) is 5.00. The van der Waals surface area contributed by atoms with Crippen molar-refractivity contribution >= 4 is 5.78 Å². The van der Waals surface area contributed by atoms with Crippen LogP contribution in [-0.2, 0) is 4.79 Å². The minimum atomic E-state index is -0.475. The van der Waals surface area contributed by atoms with Crippen molar-refractivity contribution in [2.45, 2.75) is 40.2 Å². The van der Waals surface area contributed by atoms with Crippen LogP contribution in [0.25, 0.3) is 0 Å². The molecular weight excluding hydrogens is 140 g/mol. The van der Waals surface area contributed by atoms with Gasteiger partial charge in [0, 0.05) is 5.92 Å². The van der Waals surface area contributed by atoms with Crippen molar-refractivity contribution in [3.05, 3.63) is 0 Å². The molecule has 0 aliphatic carbocycles. The lowest BCUT2D eigenvalue weighted by Gasteiger charge is -2.21. The summed E-state index contributed by atoms with van der Waals surface area (Å²) in [7, 11) is 0. The zero-order valence-corrected chi connectivity index (χ0v) is 7.79. The maximum atomic E-state index is 11.0. The van der Waals surface area contributed by atoms with E-state index < -0.39 is 6.10 Å². The van der Waals surface area contributed by atoms with Crippen LogP contribution in [0.3, 0.4) is 0 Å². The Morgan fingerprint density at radius 3 is 2.00 bits per heavy atom. The molecule has 2 atom stereocenters. The minimum absolute atomic E-state index is 0.0914. The summed E-state index contributed by atoms with van der Waals surface area (Å²) in [5.74, 6) is 0.0903. The van der Waals surface area contributed by atoms with Crippen molar-refractivity contribution in [3.63, 3.8) is 0 Å². The second-order valence-corrected chi connectivity index (χ2v) is 3.36. The molecule has 0 radical (unpaired) electrons. The molecule has 2 heteroatoms. The Bertz CT molecular complexity index is 130. The third kappa shape index (κ3) is 3.02. The van der Waals surface area contributed by atoms with Crippen LogP contribution in [0.15, 0.2) is 0 Å². The van der Waals surface area contributed by atoms with Gasteiger partial charge in [-0.05, 0) is 19.3 Å². The van der Waals surface area contributed by atoms with Crippen LogP contribution in [0.1, 0.15) is 34.1 Å². The second-order valence-electron chi connectivity index (χ2n) is 3.36. The van der Waals surface area contributed by atoms with E-state index in [9.17, 15) is 9.90 Å². The molecule has 0 aliphatic rings. The molecule has 0 aromatic carbocycles. The van der Waals surface area contributed by atoms with Gasteiger partial charge in [0.05, 0.1) is 6.10 Å². The molecule has 0 aromatic heterocycles. The van der Waals surface area contributed by atoms with Gasteiger partial charge in [0.1, 0.15) is 5.78 Å². The number of aliphatic hydroxyl groups excluding tert-OH is 1. The van der Waals surface area contributed by atoms with E-state index in [1.807, 2.05) is 20.8 Å². The Balaban J connectivity index is 4.14. The van der Waals surface area contributed by atoms with Gasteiger partial charge in [-0.1, -0.05) is 20.8 Å². The molecular formula is C9H18O2. The van der Waals surface area contributed by atoms with Crippen LogP contribution in [0.4, 0.5) is 0 Å². The topological polar surface area (TPSA) is 37.3 Å². The van der Waals surface area contributed by atoms with Crippen molar-refractivity contribution in [2.24, 2.45) is 11.8 Å². The zero-order valence-electron chi connectivity index (χ0n) is 7.79. The average molecular weight is 158 g/mol. The summed E-state index contributed by atoms with van der Waals surface area (Å²) in [6.07, 6.45) is 0.256. The highest BCUT2D eigenvalue weighted by Gasteiger charge is 2.23. The SMILES string of the molecule is CCC(C(C)=O)C(O)C(C)C. The Morgan fingerprint density at radius 2 is 1.91 bits per heavy atom. The number of hydrogen-bond donors (Lipinski definition) is 1. The number of carbonyl (C=O) groups excluding carboxylic acids is 1. The number of rotatable bonds is 4. The third-order valence-electron chi connectivity index (χ3n) is 2.06. The minimum Gasteiger partial charge on any atom is -0.392 e. The first-order valence-electron chi connectivity index (χ1n) is 4.19. The lowest BCUT2D eigenvalue weighted by atomic mass is 9.88. The first kappa shape index (κ1) is 10.6. The highest BCUT2D eigenvalue weighted by molar-refractivity contribution is 5.78. The van der Waals surface area contributed by atoms with Crippen LogP contribution < -0.4 is 0 Å². The molecule has 0 amide bonds. The van der Waals surface area contributed by atoms with Crippen LogP contribution in [0.2, 0.25) is 0 Å². The third-order valence-corrected chi connectivity index (χ3v) is 2.06. The molecule has 11 heavy (non-hydrogen) atoms. The number of carbonyl (C=O) groups is 1. The summed E-state index contributed by atoms with van der Waals surface area (Å²) in [6.45, 7) is 7.32. The Morgan fingerprint density at radius 1 is 1.45 bits per heavy atom. The molecule has 0 bridgehead atoms. The number of Topliss-reactive ketones (excluding diaryl/α,β-unsaturated/α-hetero) is 1. The zero-order chi connectivity index (χ0) is 9.02. The standard InChI is InChI=1S/C9H18O2/c1-5-8(7(4)10)9(11)6(2)3/h6,8-9,11H,5H2,1-4H3. The van der Waals surface area contributed by atoms with Gasteiger partial charge in [0.25, 0.3) is 0 Å². The Hall–Kier alpha value is -0.370. The van der Waals surface area contributed by atoms with E-state index in [0.29, 0.717) is 0 Å². The summed E-state index contributed by atoms with van der Waals surface area (Å²) in [5.41, 5.74) is 0. The second kappa shape index (κ2) is 4.50. The lowest BCUT2D eigenvalue weighted by Crippen LogP contribution is -2.30. The molecule has 66 valence electrons.